The van der Waals surface area contributed by atoms with Crippen molar-refractivity contribution in [1.82, 2.24) is 0 Å². The molecule has 1 N–H and O–H groups in total. The standard InChI is InChI=1S/C16H14N2O7/c1-23-15(21)12-7-25-8-18(13(12)16(22)24-2)10-3-4-11(14(19)20)9(5-10)6-17/h3-5H,7-8H2,1-2H3,(H,19,20). The SMILES string of the molecule is COC(=O)C1=C(C(=O)OC)N(c2ccc(C(=O)O)c(C#N)c2)COC1. The summed E-state index contributed by atoms with van der Waals surface area (Å²) in [5, 5.41) is 18.2. The van der Waals surface area contributed by atoms with Gasteiger partial charge in [0.15, 0.2) is 0 Å². The molecule has 0 radical (unpaired) electrons. The molecule has 0 spiro atoms. The van der Waals surface area contributed by atoms with Crippen molar-refractivity contribution in [2.24, 2.45) is 0 Å². The Morgan fingerprint density at radius 2 is 1.92 bits per heavy atom. The van der Waals surface area contributed by atoms with Crippen LogP contribution in [-0.4, -0.2) is 50.6 Å². The molecule has 130 valence electrons. The van der Waals surface area contributed by atoms with Gasteiger partial charge in [0.05, 0.1) is 37.5 Å². The number of nitrogens with zero attached hydrogens (tertiary/aromatic N) is 2. The minimum Gasteiger partial charge on any atom is -0.478 e. The van der Waals surface area contributed by atoms with Gasteiger partial charge in [-0.1, -0.05) is 0 Å². The highest BCUT2D eigenvalue weighted by Gasteiger charge is 2.32. The third-order valence-electron chi connectivity index (χ3n) is 3.50. The first-order valence-electron chi connectivity index (χ1n) is 6.97. The van der Waals surface area contributed by atoms with Crippen LogP contribution >= 0.6 is 0 Å². The van der Waals surface area contributed by atoms with Gasteiger partial charge < -0.3 is 24.2 Å². The van der Waals surface area contributed by atoms with E-state index in [1.807, 2.05) is 0 Å². The highest BCUT2D eigenvalue weighted by Crippen LogP contribution is 2.28. The molecule has 0 fully saturated rings. The summed E-state index contributed by atoms with van der Waals surface area (Å²) in [4.78, 5) is 36.5. The lowest BCUT2D eigenvalue weighted by Crippen LogP contribution is -2.38. The van der Waals surface area contributed by atoms with Crippen molar-refractivity contribution in [3.63, 3.8) is 0 Å². The van der Waals surface area contributed by atoms with E-state index >= 15 is 0 Å². The fourth-order valence-corrected chi connectivity index (χ4v) is 2.33. The fraction of sp³-hybridized carbons (Fsp3) is 0.250. The van der Waals surface area contributed by atoms with Gasteiger partial charge in [-0.15, -0.1) is 0 Å². The lowest BCUT2D eigenvalue weighted by Gasteiger charge is -2.31. The van der Waals surface area contributed by atoms with Crippen molar-refractivity contribution in [2.45, 2.75) is 0 Å². The zero-order valence-corrected chi connectivity index (χ0v) is 13.4. The molecule has 1 aromatic rings. The molecule has 0 amide bonds. The van der Waals surface area contributed by atoms with Crippen molar-refractivity contribution in [3.05, 3.63) is 40.6 Å². The Hall–Kier alpha value is -3.38. The van der Waals surface area contributed by atoms with Crippen molar-refractivity contribution in [3.8, 4) is 6.07 Å². The molecule has 0 saturated carbocycles. The van der Waals surface area contributed by atoms with Gasteiger partial charge in [-0.3, -0.25) is 0 Å². The third-order valence-corrected chi connectivity index (χ3v) is 3.50. The van der Waals surface area contributed by atoms with Gasteiger partial charge in [-0.05, 0) is 18.2 Å². The Balaban J connectivity index is 2.60. The number of rotatable bonds is 4. The number of esters is 2. The number of carbonyl (C=O) groups is 3. The molecule has 1 aliphatic heterocycles. The van der Waals surface area contributed by atoms with Crippen LogP contribution in [0, 0.1) is 11.3 Å². The zero-order valence-electron chi connectivity index (χ0n) is 13.4. The second-order valence-electron chi connectivity index (χ2n) is 4.86. The smallest absolute Gasteiger partial charge is 0.355 e. The van der Waals surface area contributed by atoms with E-state index in [-0.39, 0.29) is 35.7 Å². The Labute approximate surface area is 142 Å². The number of carboxylic acid groups (broad SMARTS) is 1. The number of benzene rings is 1. The number of hydrogen-bond acceptors (Lipinski definition) is 8. The predicted octanol–water partition coefficient (Wildman–Crippen LogP) is 0.651. The number of carbonyl (C=O) groups excluding carboxylic acids is 2. The predicted molar refractivity (Wildman–Crippen MR) is 82.5 cm³/mol. The number of anilines is 1. The summed E-state index contributed by atoms with van der Waals surface area (Å²) >= 11 is 0. The van der Waals surface area contributed by atoms with Crippen LogP contribution in [0.1, 0.15) is 15.9 Å². The van der Waals surface area contributed by atoms with E-state index in [9.17, 15) is 14.4 Å². The summed E-state index contributed by atoms with van der Waals surface area (Å²) in [5.74, 6) is -2.80. The molecule has 2 rings (SSSR count). The molecule has 9 heteroatoms. The second-order valence-corrected chi connectivity index (χ2v) is 4.86. The van der Waals surface area contributed by atoms with E-state index in [2.05, 4.69) is 4.74 Å². The number of ether oxygens (including phenoxy) is 3. The van der Waals surface area contributed by atoms with Crippen LogP contribution in [0.4, 0.5) is 5.69 Å². The van der Waals surface area contributed by atoms with Crippen molar-refractivity contribution in [2.75, 3.05) is 32.5 Å². The normalized spacial score (nSPS) is 13.9. The van der Waals surface area contributed by atoms with Crippen molar-refractivity contribution >= 4 is 23.6 Å². The lowest BCUT2D eigenvalue weighted by molar-refractivity contribution is -0.140. The fourth-order valence-electron chi connectivity index (χ4n) is 2.33. The van der Waals surface area contributed by atoms with Crippen molar-refractivity contribution < 1.29 is 33.7 Å². The van der Waals surface area contributed by atoms with Gasteiger partial charge >= 0.3 is 17.9 Å². The molecular weight excluding hydrogens is 332 g/mol. The van der Waals surface area contributed by atoms with Crippen LogP contribution in [0.2, 0.25) is 0 Å². The van der Waals surface area contributed by atoms with Crippen LogP contribution in [0.3, 0.4) is 0 Å². The zero-order chi connectivity index (χ0) is 18.6. The van der Waals surface area contributed by atoms with Gasteiger partial charge in [0.25, 0.3) is 0 Å². The molecule has 9 nitrogen and oxygen atoms in total. The van der Waals surface area contributed by atoms with Crippen LogP contribution in [0.15, 0.2) is 29.5 Å². The summed E-state index contributed by atoms with van der Waals surface area (Å²) in [5.41, 5.74) is -0.114. The summed E-state index contributed by atoms with van der Waals surface area (Å²) in [7, 11) is 2.32. The molecule has 0 saturated heterocycles. The monoisotopic (exact) mass is 346 g/mol. The third kappa shape index (κ3) is 3.44. The summed E-state index contributed by atoms with van der Waals surface area (Å²) < 4.78 is 14.7. The van der Waals surface area contributed by atoms with Gasteiger partial charge in [0.1, 0.15) is 18.5 Å². The lowest BCUT2D eigenvalue weighted by atomic mass is 10.1. The number of nitriles is 1. The molecule has 1 heterocycles. The molecule has 0 aliphatic carbocycles. The van der Waals surface area contributed by atoms with E-state index in [0.29, 0.717) is 5.69 Å². The number of methoxy groups -OCH3 is 2. The van der Waals surface area contributed by atoms with Crippen LogP contribution in [-0.2, 0) is 23.8 Å². The minimum absolute atomic E-state index is 0.0404. The molecule has 1 aromatic carbocycles. The maximum Gasteiger partial charge on any atom is 0.355 e. The van der Waals surface area contributed by atoms with E-state index in [0.717, 1.165) is 7.11 Å². The number of carboxylic acids is 1. The Morgan fingerprint density at radius 3 is 2.48 bits per heavy atom. The average Bonchev–Trinajstić information content (AvgIpc) is 2.65. The Kier molecular flexibility index (Phi) is 5.36. The van der Waals surface area contributed by atoms with Crippen LogP contribution in [0.25, 0.3) is 0 Å². The first kappa shape index (κ1) is 18.0. The highest BCUT2D eigenvalue weighted by atomic mass is 16.5. The van der Waals surface area contributed by atoms with E-state index < -0.39 is 17.9 Å². The van der Waals surface area contributed by atoms with E-state index in [1.54, 1.807) is 6.07 Å². The molecular formula is C16H14N2O7. The van der Waals surface area contributed by atoms with E-state index in [4.69, 9.17) is 19.8 Å². The largest absolute Gasteiger partial charge is 0.478 e. The summed E-state index contributed by atoms with van der Waals surface area (Å²) in [6, 6.07) is 5.71. The molecule has 0 aromatic heterocycles. The maximum atomic E-state index is 12.2. The molecule has 0 atom stereocenters. The molecule has 1 aliphatic rings. The van der Waals surface area contributed by atoms with Gasteiger partial charge in [0.2, 0.25) is 0 Å². The van der Waals surface area contributed by atoms with Crippen LogP contribution < -0.4 is 4.90 Å². The van der Waals surface area contributed by atoms with Gasteiger partial charge in [-0.2, -0.15) is 5.26 Å². The topological polar surface area (TPSA) is 126 Å². The Morgan fingerprint density at radius 1 is 1.24 bits per heavy atom. The second kappa shape index (κ2) is 7.46. The number of aromatic carboxylic acids is 1. The molecule has 0 unspecified atom stereocenters. The van der Waals surface area contributed by atoms with Gasteiger partial charge in [-0.25, -0.2) is 14.4 Å². The van der Waals surface area contributed by atoms with E-state index in [1.165, 1.54) is 30.2 Å². The van der Waals surface area contributed by atoms with Crippen molar-refractivity contribution in [1.29, 1.82) is 5.26 Å². The minimum atomic E-state index is -1.25. The first-order chi connectivity index (χ1) is 11.9. The quantitative estimate of drug-likeness (QED) is 0.782. The Bertz CT molecular complexity index is 807. The maximum absolute atomic E-state index is 12.2. The van der Waals surface area contributed by atoms with Gasteiger partial charge in [0, 0.05) is 5.69 Å². The number of hydrogen-bond donors (Lipinski definition) is 1. The summed E-state index contributed by atoms with van der Waals surface area (Å²) in [6.07, 6.45) is 0. The average molecular weight is 346 g/mol. The van der Waals surface area contributed by atoms with Crippen LogP contribution in [0.5, 0.6) is 0 Å². The molecule has 25 heavy (non-hydrogen) atoms. The molecule has 0 bridgehead atoms. The first-order valence-corrected chi connectivity index (χ1v) is 6.97. The highest BCUT2D eigenvalue weighted by molar-refractivity contribution is 6.03. The summed E-state index contributed by atoms with van der Waals surface area (Å²) in [6.45, 7) is -0.242.